The van der Waals surface area contributed by atoms with Crippen LogP contribution in [-0.2, 0) is 32.0 Å². The van der Waals surface area contributed by atoms with E-state index < -0.39 is 11.9 Å². The smallest absolute Gasteiger partial charge is 0.306 e. The van der Waals surface area contributed by atoms with Crippen LogP contribution in [0.15, 0.2) is 36.4 Å². The topological polar surface area (TPSA) is 84.5 Å². The minimum Gasteiger partial charge on any atom is -0.456 e. The number of esters is 1. The van der Waals surface area contributed by atoms with Crippen molar-refractivity contribution in [3.63, 3.8) is 0 Å². The molecular weight excluding hydrogens is 380 g/mol. The summed E-state index contributed by atoms with van der Waals surface area (Å²) in [6.45, 7) is 7.52. The highest BCUT2D eigenvalue weighted by Gasteiger charge is 2.14. The molecule has 0 aliphatic rings. The zero-order chi connectivity index (χ0) is 22.1. The summed E-state index contributed by atoms with van der Waals surface area (Å²) in [5.74, 6) is -1.24. The number of aryl methyl sites for hydroxylation is 4. The molecule has 0 spiro atoms. The van der Waals surface area contributed by atoms with Gasteiger partial charge in [-0.15, -0.1) is 0 Å². The molecule has 0 saturated carbocycles. The predicted molar refractivity (Wildman–Crippen MR) is 119 cm³/mol. The van der Waals surface area contributed by atoms with Crippen molar-refractivity contribution in [2.45, 2.75) is 53.4 Å². The number of hydrogen-bond acceptors (Lipinski definition) is 4. The van der Waals surface area contributed by atoms with Crippen molar-refractivity contribution in [3.8, 4) is 0 Å². The van der Waals surface area contributed by atoms with Gasteiger partial charge in [0.25, 0.3) is 5.91 Å². The first-order valence-electron chi connectivity index (χ1n) is 10.3. The van der Waals surface area contributed by atoms with Crippen molar-refractivity contribution in [1.29, 1.82) is 0 Å². The number of rotatable bonds is 9. The molecule has 2 amide bonds. The van der Waals surface area contributed by atoms with E-state index >= 15 is 0 Å². The van der Waals surface area contributed by atoms with Crippen LogP contribution < -0.4 is 10.6 Å². The molecule has 0 aliphatic carbocycles. The molecule has 2 aromatic rings. The Kier molecular flexibility index (Phi) is 8.59. The van der Waals surface area contributed by atoms with Crippen LogP contribution in [-0.4, -0.2) is 24.4 Å². The molecule has 0 atom stereocenters. The van der Waals surface area contributed by atoms with Crippen molar-refractivity contribution in [3.05, 3.63) is 58.7 Å². The fourth-order valence-corrected chi connectivity index (χ4v) is 3.10. The Hall–Kier alpha value is -3.15. The number of carbonyl (C=O) groups is 3. The van der Waals surface area contributed by atoms with Crippen molar-refractivity contribution in [2.75, 3.05) is 17.2 Å². The third-order valence-electron chi connectivity index (χ3n) is 4.85. The predicted octanol–water partition coefficient (Wildman–Crippen LogP) is 4.33. The highest BCUT2D eigenvalue weighted by molar-refractivity contribution is 5.95. The van der Waals surface area contributed by atoms with Crippen LogP contribution in [0.3, 0.4) is 0 Å². The fraction of sp³-hybridized carbons (Fsp3) is 0.375. The van der Waals surface area contributed by atoms with E-state index in [1.54, 1.807) is 0 Å². The molecule has 2 rings (SSSR count). The molecule has 0 aromatic heterocycles. The molecule has 0 bridgehead atoms. The van der Waals surface area contributed by atoms with Crippen molar-refractivity contribution in [2.24, 2.45) is 0 Å². The molecule has 30 heavy (non-hydrogen) atoms. The van der Waals surface area contributed by atoms with Crippen LogP contribution in [0.1, 0.15) is 48.9 Å². The Labute approximate surface area is 178 Å². The number of ether oxygens (including phenoxy) is 1. The van der Waals surface area contributed by atoms with E-state index in [0.29, 0.717) is 0 Å². The molecule has 0 radical (unpaired) electrons. The maximum atomic E-state index is 12.2. The van der Waals surface area contributed by atoms with E-state index in [0.717, 1.165) is 46.5 Å². The van der Waals surface area contributed by atoms with Crippen molar-refractivity contribution >= 4 is 29.2 Å². The molecule has 6 heteroatoms. The van der Waals surface area contributed by atoms with Gasteiger partial charge in [0.2, 0.25) is 5.91 Å². The lowest BCUT2D eigenvalue weighted by Crippen LogP contribution is -2.23. The van der Waals surface area contributed by atoms with E-state index in [4.69, 9.17) is 4.74 Å². The number of hydrogen-bond donors (Lipinski definition) is 2. The minimum absolute atomic E-state index is 0.00746. The number of nitrogens with one attached hydrogen (secondary N) is 2. The highest BCUT2D eigenvalue weighted by atomic mass is 16.5. The van der Waals surface area contributed by atoms with Crippen LogP contribution in [0.2, 0.25) is 0 Å². The Morgan fingerprint density at radius 2 is 1.53 bits per heavy atom. The maximum absolute atomic E-state index is 12.2. The minimum atomic E-state index is -0.583. The standard InChI is InChI=1S/C24H30N2O4/c1-5-18-8-7-9-19(6-2)24(18)26-22(28)15-30-23(29)13-12-21(27)25-20-14-16(3)10-11-17(20)4/h7-11,14H,5-6,12-13,15H2,1-4H3,(H,25,27)(H,26,28). The summed E-state index contributed by atoms with van der Waals surface area (Å²) in [7, 11) is 0. The molecule has 160 valence electrons. The van der Waals surface area contributed by atoms with Crippen LogP contribution in [0, 0.1) is 13.8 Å². The molecule has 0 heterocycles. The quantitative estimate of drug-likeness (QED) is 0.603. The summed E-state index contributed by atoms with van der Waals surface area (Å²) >= 11 is 0. The first-order chi connectivity index (χ1) is 14.3. The normalized spacial score (nSPS) is 10.4. The number of anilines is 2. The number of carbonyl (C=O) groups excluding carboxylic acids is 3. The largest absolute Gasteiger partial charge is 0.456 e. The summed E-state index contributed by atoms with van der Waals surface area (Å²) in [6, 6.07) is 11.7. The van der Waals surface area contributed by atoms with Gasteiger partial charge in [-0.2, -0.15) is 0 Å². The average Bonchev–Trinajstić information content (AvgIpc) is 2.73. The van der Waals surface area contributed by atoms with Gasteiger partial charge in [0, 0.05) is 17.8 Å². The van der Waals surface area contributed by atoms with E-state index in [9.17, 15) is 14.4 Å². The monoisotopic (exact) mass is 410 g/mol. The zero-order valence-electron chi connectivity index (χ0n) is 18.1. The van der Waals surface area contributed by atoms with Gasteiger partial charge < -0.3 is 15.4 Å². The first-order valence-corrected chi connectivity index (χ1v) is 10.3. The van der Waals surface area contributed by atoms with Gasteiger partial charge in [-0.25, -0.2) is 0 Å². The zero-order valence-corrected chi connectivity index (χ0v) is 18.1. The van der Waals surface area contributed by atoms with Crippen molar-refractivity contribution < 1.29 is 19.1 Å². The maximum Gasteiger partial charge on any atom is 0.306 e. The van der Waals surface area contributed by atoms with Gasteiger partial charge in [-0.1, -0.05) is 44.2 Å². The molecule has 0 fully saturated rings. The Morgan fingerprint density at radius 3 is 2.17 bits per heavy atom. The lowest BCUT2D eigenvalue weighted by atomic mass is 10.0. The lowest BCUT2D eigenvalue weighted by Gasteiger charge is -2.14. The summed E-state index contributed by atoms with van der Waals surface area (Å²) in [5.41, 5.74) is 5.59. The number of amides is 2. The Bertz CT molecular complexity index is 899. The fourth-order valence-electron chi connectivity index (χ4n) is 3.10. The second kappa shape index (κ2) is 11.1. The van der Waals surface area contributed by atoms with Gasteiger partial charge in [-0.3, -0.25) is 14.4 Å². The summed E-state index contributed by atoms with van der Waals surface area (Å²) < 4.78 is 5.04. The van der Waals surface area contributed by atoms with Crippen LogP contribution >= 0.6 is 0 Å². The first kappa shape index (κ1) is 23.1. The van der Waals surface area contributed by atoms with E-state index in [-0.39, 0.29) is 25.4 Å². The second-order valence-electron chi connectivity index (χ2n) is 7.23. The third kappa shape index (κ3) is 6.72. The molecule has 0 saturated heterocycles. The second-order valence-corrected chi connectivity index (χ2v) is 7.23. The lowest BCUT2D eigenvalue weighted by molar-refractivity contribution is -0.147. The molecule has 0 unspecified atom stereocenters. The molecule has 2 N–H and O–H groups in total. The van der Waals surface area contributed by atoms with Crippen LogP contribution in [0.4, 0.5) is 11.4 Å². The SMILES string of the molecule is CCc1cccc(CC)c1NC(=O)COC(=O)CCC(=O)Nc1cc(C)ccc1C. The van der Waals surface area contributed by atoms with Gasteiger partial charge in [0.05, 0.1) is 6.42 Å². The van der Waals surface area contributed by atoms with E-state index in [2.05, 4.69) is 10.6 Å². The van der Waals surface area contributed by atoms with Gasteiger partial charge in [0.1, 0.15) is 0 Å². The van der Waals surface area contributed by atoms with Gasteiger partial charge in [0.15, 0.2) is 6.61 Å². The number of benzene rings is 2. The highest BCUT2D eigenvalue weighted by Crippen LogP contribution is 2.22. The Morgan fingerprint density at radius 1 is 0.867 bits per heavy atom. The Balaban J connectivity index is 1.80. The number of para-hydroxylation sites is 1. The average molecular weight is 411 g/mol. The molecular formula is C24H30N2O4. The van der Waals surface area contributed by atoms with Crippen molar-refractivity contribution in [1.82, 2.24) is 0 Å². The van der Waals surface area contributed by atoms with Gasteiger partial charge >= 0.3 is 5.97 Å². The molecule has 6 nitrogen and oxygen atoms in total. The van der Waals surface area contributed by atoms with Gasteiger partial charge in [-0.05, 0) is 55.0 Å². The molecule has 0 aliphatic heterocycles. The summed E-state index contributed by atoms with van der Waals surface area (Å²) in [5, 5.41) is 5.65. The third-order valence-corrected chi connectivity index (χ3v) is 4.85. The van der Waals surface area contributed by atoms with Crippen LogP contribution in [0.25, 0.3) is 0 Å². The summed E-state index contributed by atoms with van der Waals surface area (Å²) in [4.78, 5) is 36.3. The van der Waals surface area contributed by atoms with Crippen LogP contribution in [0.5, 0.6) is 0 Å². The van der Waals surface area contributed by atoms with E-state index in [1.165, 1.54) is 0 Å². The van der Waals surface area contributed by atoms with E-state index in [1.807, 2.05) is 64.1 Å². The summed E-state index contributed by atoms with van der Waals surface area (Å²) in [6.07, 6.45) is 1.49. The molecule has 2 aromatic carbocycles.